The summed E-state index contributed by atoms with van der Waals surface area (Å²) in [5, 5.41) is 0. The molecular formula is C8H10F4O3. The van der Waals surface area contributed by atoms with E-state index in [1.807, 2.05) is 0 Å². The van der Waals surface area contributed by atoms with E-state index in [4.69, 9.17) is 0 Å². The van der Waals surface area contributed by atoms with Crippen molar-refractivity contribution in [1.82, 2.24) is 0 Å². The van der Waals surface area contributed by atoms with Crippen LogP contribution in [-0.2, 0) is 14.3 Å². The first-order chi connectivity index (χ1) is 6.81. The molecule has 0 saturated carbocycles. The molecule has 0 aromatic rings. The lowest BCUT2D eigenvalue weighted by Gasteiger charge is -2.15. The third-order valence-corrected chi connectivity index (χ3v) is 1.32. The number of hydrogen-bond acceptors (Lipinski definition) is 3. The van der Waals surface area contributed by atoms with E-state index in [2.05, 4.69) is 16.1 Å². The van der Waals surface area contributed by atoms with E-state index in [0.717, 1.165) is 0 Å². The molecule has 0 atom stereocenters. The van der Waals surface area contributed by atoms with Gasteiger partial charge in [0.2, 0.25) is 0 Å². The number of hydrogen-bond donors (Lipinski definition) is 0. The van der Waals surface area contributed by atoms with Crippen molar-refractivity contribution in [3.05, 3.63) is 12.2 Å². The molecule has 0 heterocycles. The molecule has 15 heavy (non-hydrogen) atoms. The molecule has 88 valence electrons. The molecule has 0 spiro atoms. The number of carbonyl (C=O) groups excluding carboxylic acids is 1. The van der Waals surface area contributed by atoms with Gasteiger partial charge in [0.25, 0.3) is 0 Å². The maximum Gasteiger partial charge on any atom is 0.340 e. The van der Waals surface area contributed by atoms with Crippen LogP contribution in [0.25, 0.3) is 0 Å². The van der Waals surface area contributed by atoms with Gasteiger partial charge in [0, 0.05) is 7.11 Å². The standard InChI is InChI=1S/C8H10F4O3/c1-5(3-14-2)6(13)15-4-8(11,12)7(9)10/h7H,1,3-4H2,2H3. The summed E-state index contributed by atoms with van der Waals surface area (Å²) in [7, 11) is 1.26. The van der Waals surface area contributed by atoms with Gasteiger partial charge in [-0.15, -0.1) is 0 Å². The van der Waals surface area contributed by atoms with E-state index in [1.165, 1.54) is 7.11 Å². The Hall–Kier alpha value is -1.11. The predicted octanol–water partition coefficient (Wildman–Crippen LogP) is 1.63. The normalized spacial score (nSPS) is 11.6. The van der Waals surface area contributed by atoms with Gasteiger partial charge in [-0.1, -0.05) is 6.58 Å². The van der Waals surface area contributed by atoms with Gasteiger partial charge in [-0.05, 0) is 0 Å². The molecule has 0 unspecified atom stereocenters. The van der Waals surface area contributed by atoms with Gasteiger partial charge in [0.1, 0.15) is 0 Å². The summed E-state index contributed by atoms with van der Waals surface area (Å²) in [5.74, 6) is -5.53. The quantitative estimate of drug-likeness (QED) is 0.395. The Bertz CT molecular complexity index is 240. The summed E-state index contributed by atoms with van der Waals surface area (Å²) in [6.45, 7) is 1.27. The lowest BCUT2D eigenvalue weighted by molar-refractivity contribution is -0.177. The summed E-state index contributed by atoms with van der Waals surface area (Å²) in [4.78, 5) is 10.8. The molecule has 0 saturated heterocycles. The van der Waals surface area contributed by atoms with Crippen molar-refractivity contribution in [3.8, 4) is 0 Å². The van der Waals surface area contributed by atoms with E-state index < -0.39 is 24.9 Å². The number of alkyl halides is 4. The molecule has 0 bridgehead atoms. The summed E-state index contributed by atoms with van der Waals surface area (Å²) in [6, 6.07) is 0. The monoisotopic (exact) mass is 230 g/mol. The zero-order valence-electron chi connectivity index (χ0n) is 7.94. The Morgan fingerprint density at radius 3 is 2.40 bits per heavy atom. The number of esters is 1. The van der Waals surface area contributed by atoms with E-state index in [0.29, 0.717) is 0 Å². The second kappa shape index (κ2) is 5.69. The minimum absolute atomic E-state index is 0.209. The maximum absolute atomic E-state index is 12.3. The Morgan fingerprint density at radius 2 is 2.00 bits per heavy atom. The van der Waals surface area contributed by atoms with Crippen LogP contribution in [0, 0.1) is 0 Å². The molecule has 0 fully saturated rings. The smallest absolute Gasteiger partial charge is 0.340 e. The Labute approximate surface area is 83.7 Å². The van der Waals surface area contributed by atoms with Gasteiger partial charge in [0.05, 0.1) is 12.2 Å². The second-order valence-electron chi connectivity index (χ2n) is 2.67. The number of carbonyl (C=O) groups is 1. The molecule has 0 N–H and O–H groups in total. The van der Waals surface area contributed by atoms with Crippen LogP contribution in [0.5, 0.6) is 0 Å². The Kier molecular flexibility index (Phi) is 5.27. The van der Waals surface area contributed by atoms with Crippen molar-refractivity contribution in [2.24, 2.45) is 0 Å². The van der Waals surface area contributed by atoms with Gasteiger partial charge in [-0.3, -0.25) is 0 Å². The highest BCUT2D eigenvalue weighted by Crippen LogP contribution is 2.23. The molecule has 0 aliphatic heterocycles. The SMILES string of the molecule is C=C(COC)C(=O)OCC(F)(F)C(F)F. The Balaban J connectivity index is 4.06. The first-order valence-electron chi connectivity index (χ1n) is 3.81. The predicted molar refractivity (Wildman–Crippen MR) is 42.9 cm³/mol. The van der Waals surface area contributed by atoms with Crippen molar-refractivity contribution >= 4 is 5.97 Å². The minimum Gasteiger partial charge on any atom is -0.456 e. The van der Waals surface area contributed by atoms with Crippen LogP contribution >= 0.6 is 0 Å². The zero-order valence-corrected chi connectivity index (χ0v) is 7.94. The van der Waals surface area contributed by atoms with Crippen molar-refractivity contribution in [2.45, 2.75) is 12.3 Å². The highest BCUT2D eigenvalue weighted by Gasteiger charge is 2.42. The summed E-state index contributed by atoms with van der Waals surface area (Å²) in [5.41, 5.74) is -0.220. The third kappa shape index (κ3) is 4.78. The van der Waals surface area contributed by atoms with E-state index in [-0.39, 0.29) is 12.2 Å². The molecule has 3 nitrogen and oxygen atoms in total. The minimum atomic E-state index is -4.34. The molecule has 0 aromatic carbocycles. The average molecular weight is 230 g/mol. The fourth-order valence-corrected chi connectivity index (χ4v) is 0.560. The largest absolute Gasteiger partial charge is 0.456 e. The third-order valence-electron chi connectivity index (χ3n) is 1.32. The highest BCUT2D eigenvalue weighted by atomic mass is 19.3. The number of rotatable bonds is 6. The van der Waals surface area contributed by atoms with Crippen LogP contribution in [0.2, 0.25) is 0 Å². The molecule has 0 rings (SSSR count). The van der Waals surface area contributed by atoms with Gasteiger partial charge < -0.3 is 9.47 Å². The molecule has 0 radical (unpaired) electrons. The lowest BCUT2D eigenvalue weighted by atomic mass is 10.3. The van der Waals surface area contributed by atoms with Crippen molar-refractivity contribution in [3.63, 3.8) is 0 Å². The lowest BCUT2D eigenvalue weighted by Crippen LogP contribution is -2.33. The van der Waals surface area contributed by atoms with E-state index in [9.17, 15) is 22.4 Å². The summed E-state index contributed by atoms with van der Waals surface area (Å²) < 4.78 is 56.2. The van der Waals surface area contributed by atoms with Gasteiger partial charge in [0.15, 0.2) is 6.61 Å². The molecule has 7 heteroatoms. The first-order valence-corrected chi connectivity index (χ1v) is 3.81. The Morgan fingerprint density at radius 1 is 1.47 bits per heavy atom. The summed E-state index contributed by atoms with van der Waals surface area (Å²) in [6.07, 6.45) is -3.87. The van der Waals surface area contributed by atoms with Crippen LogP contribution in [0.3, 0.4) is 0 Å². The highest BCUT2D eigenvalue weighted by molar-refractivity contribution is 5.87. The maximum atomic E-state index is 12.3. The topological polar surface area (TPSA) is 35.5 Å². The van der Waals surface area contributed by atoms with Crippen LogP contribution in [0.1, 0.15) is 0 Å². The van der Waals surface area contributed by atoms with Crippen molar-refractivity contribution < 1.29 is 31.8 Å². The average Bonchev–Trinajstić information content (AvgIpc) is 2.14. The van der Waals surface area contributed by atoms with E-state index in [1.54, 1.807) is 0 Å². The van der Waals surface area contributed by atoms with Gasteiger partial charge >= 0.3 is 18.3 Å². The number of ether oxygens (including phenoxy) is 2. The second-order valence-corrected chi connectivity index (χ2v) is 2.67. The number of halogens is 4. The first kappa shape index (κ1) is 13.9. The molecule has 0 aliphatic carbocycles. The fourth-order valence-electron chi connectivity index (χ4n) is 0.560. The van der Waals surface area contributed by atoms with Crippen molar-refractivity contribution in [2.75, 3.05) is 20.3 Å². The van der Waals surface area contributed by atoms with Crippen molar-refractivity contribution in [1.29, 1.82) is 0 Å². The van der Waals surface area contributed by atoms with E-state index >= 15 is 0 Å². The number of methoxy groups -OCH3 is 1. The van der Waals surface area contributed by atoms with Gasteiger partial charge in [-0.25, -0.2) is 13.6 Å². The molecule has 0 amide bonds. The zero-order chi connectivity index (χ0) is 12.1. The summed E-state index contributed by atoms with van der Waals surface area (Å²) >= 11 is 0. The van der Waals surface area contributed by atoms with Crippen LogP contribution in [-0.4, -0.2) is 38.6 Å². The fraction of sp³-hybridized carbons (Fsp3) is 0.625. The van der Waals surface area contributed by atoms with Crippen LogP contribution in [0.15, 0.2) is 12.2 Å². The van der Waals surface area contributed by atoms with Crippen LogP contribution < -0.4 is 0 Å². The molecule has 0 aliphatic rings. The molecular weight excluding hydrogens is 220 g/mol. The van der Waals surface area contributed by atoms with Crippen LogP contribution in [0.4, 0.5) is 17.6 Å². The van der Waals surface area contributed by atoms with Gasteiger partial charge in [-0.2, -0.15) is 8.78 Å². The molecule has 0 aromatic heterocycles.